The Morgan fingerprint density at radius 2 is 1.88 bits per heavy atom. The Balaban J connectivity index is 2.74. The molecule has 2 rings (SSSR count). The van der Waals surface area contributed by atoms with E-state index in [0.717, 1.165) is 3.57 Å². The van der Waals surface area contributed by atoms with Crippen molar-refractivity contribution in [1.29, 1.82) is 0 Å². The van der Waals surface area contributed by atoms with E-state index in [1.165, 1.54) is 6.07 Å². The van der Waals surface area contributed by atoms with Gasteiger partial charge in [0.1, 0.15) is 5.15 Å². The second kappa shape index (κ2) is 3.99. The van der Waals surface area contributed by atoms with Crippen molar-refractivity contribution in [3.8, 4) is 0 Å². The first-order valence-electron chi connectivity index (χ1n) is 4.08. The predicted octanol–water partition coefficient (Wildman–Crippen LogP) is 3.91. The minimum absolute atomic E-state index is 0.184. The maximum atomic E-state index is 12.4. The SMILES string of the molecule is FC(F)(F)c1nc(Cl)c2cc(I)ccc2n1. The van der Waals surface area contributed by atoms with Crippen molar-refractivity contribution in [1.82, 2.24) is 9.97 Å². The highest BCUT2D eigenvalue weighted by Crippen LogP contribution is 2.30. The molecule has 84 valence electrons. The Morgan fingerprint density at radius 3 is 2.50 bits per heavy atom. The molecule has 1 heterocycles. The number of halogens is 5. The van der Waals surface area contributed by atoms with Gasteiger partial charge in [-0.1, -0.05) is 11.6 Å². The van der Waals surface area contributed by atoms with Crippen LogP contribution in [0.3, 0.4) is 0 Å². The zero-order valence-electron chi connectivity index (χ0n) is 7.52. The molecule has 0 bridgehead atoms. The average Bonchev–Trinajstić information content (AvgIpc) is 2.17. The van der Waals surface area contributed by atoms with E-state index < -0.39 is 12.0 Å². The standard InChI is InChI=1S/C9H3ClF3IN2/c10-7-5-3-4(14)1-2-6(5)15-8(16-7)9(11,12)13/h1-3H. The van der Waals surface area contributed by atoms with E-state index in [4.69, 9.17) is 11.6 Å². The molecule has 0 saturated heterocycles. The summed E-state index contributed by atoms with van der Waals surface area (Å²) >= 11 is 7.72. The van der Waals surface area contributed by atoms with Gasteiger partial charge in [0.05, 0.1) is 5.52 Å². The van der Waals surface area contributed by atoms with Crippen LogP contribution in [-0.2, 0) is 6.18 Å². The molecule has 0 N–H and O–H groups in total. The molecule has 1 aromatic heterocycles. The number of alkyl halides is 3. The minimum Gasteiger partial charge on any atom is -0.224 e. The second-order valence-electron chi connectivity index (χ2n) is 3.00. The molecule has 7 heteroatoms. The van der Waals surface area contributed by atoms with Gasteiger partial charge in [-0.2, -0.15) is 13.2 Å². The van der Waals surface area contributed by atoms with E-state index in [-0.39, 0.29) is 10.7 Å². The lowest BCUT2D eigenvalue weighted by Gasteiger charge is -2.07. The molecule has 2 aromatic rings. The molecule has 0 aliphatic heterocycles. The zero-order valence-corrected chi connectivity index (χ0v) is 10.4. The van der Waals surface area contributed by atoms with Crippen molar-refractivity contribution in [2.75, 3.05) is 0 Å². The van der Waals surface area contributed by atoms with Crippen LogP contribution in [-0.4, -0.2) is 9.97 Å². The van der Waals surface area contributed by atoms with Crippen LogP contribution >= 0.6 is 34.2 Å². The summed E-state index contributed by atoms with van der Waals surface area (Å²) in [5, 5.41) is 0.234. The number of fused-ring (bicyclic) bond motifs is 1. The minimum atomic E-state index is -4.58. The van der Waals surface area contributed by atoms with Crippen LogP contribution in [0.4, 0.5) is 13.2 Å². The number of rotatable bonds is 0. The summed E-state index contributed by atoms with van der Waals surface area (Å²) < 4.78 is 38.0. The normalized spacial score (nSPS) is 12.1. The number of nitrogens with zero attached hydrogens (tertiary/aromatic N) is 2. The summed E-state index contributed by atoms with van der Waals surface area (Å²) in [5.41, 5.74) is 0.188. The molecule has 0 amide bonds. The highest BCUT2D eigenvalue weighted by Gasteiger charge is 2.35. The summed E-state index contributed by atoms with van der Waals surface area (Å²) in [6.07, 6.45) is -4.58. The van der Waals surface area contributed by atoms with Crippen molar-refractivity contribution in [3.63, 3.8) is 0 Å². The van der Waals surface area contributed by atoms with E-state index in [9.17, 15) is 13.2 Å². The molecular formula is C9H3ClF3IN2. The van der Waals surface area contributed by atoms with Crippen LogP contribution in [0.1, 0.15) is 5.82 Å². The van der Waals surface area contributed by atoms with Gasteiger partial charge in [-0.3, -0.25) is 0 Å². The van der Waals surface area contributed by atoms with E-state index >= 15 is 0 Å². The fourth-order valence-electron chi connectivity index (χ4n) is 1.19. The summed E-state index contributed by atoms with van der Waals surface area (Å²) in [6.45, 7) is 0. The van der Waals surface area contributed by atoms with Crippen LogP contribution in [0.5, 0.6) is 0 Å². The van der Waals surface area contributed by atoms with Gasteiger partial charge in [-0.05, 0) is 40.8 Å². The molecule has 0 radical (unpaired) electrons. The Bertz CT molecular complexity index is 556. The molecule has 1 aromatic carbocycles. The number of hydrogen-bond donors (Lipinski definition) is 0. The van der Waals surface area contributed by atoms with Crippen LogP contribution in [0, 0.1) is 3.57 Å². The van der Waals surface area contributed by atoms with Gasteiger partial charge in [0.25, 0.3) is 0 Å². The van der Waals surface area contributed by atoms with Crippen molar-refractivity contribution < 1.29 is 13.2 Å². The van der Waals surface area contributed by atoms with Crippen molar-refractivity contribution in [2.24, 2.45) is 0 Å². The van der Waals surface area contributed by atoms with E-state index in [2.05, 4.69) is 9.97 Å². The van der Waals surface area contributed by atoms with Gasteiger partial charge < -0.3 is 0 Å². The second-order valence-corrected chi connectivity index (χ2v) is 4.60. The summed E-state index contributed by atoms with van der Waals surface area (Å²) in [7, 11) is 0. The molecule has 0 unspecified atom stereocenters. The first kappa shape index (κ1) is 11.8. The quantitative estimate of drug-likeness (QED) is 0.527. The largest absolute Gasteiger partial charge is 0.451 e. The lowest BCUT2D eigenvalue weighted by molar-refractivity contribution is -0.144. The van der Waals surface area contributed by atoms with E-state index in [1.807, 2.05) is 22.6 Å². The number of aromatic nitrogens is 2. The Kier molecular flexibility index (Phi) is 2.95. The van der Waals surface area contributed by atoms with Gasteiger partial charge >= 0.3 is 6.18 Å². The van der Waals surface area contributed by atoms with E-state index in [1.54, 1.807) is 12.1 Å². The van der Waals surface area contributed by atoms with Gasteiger partial charge in [0.15, 0.2) is 0 Å². The monoisotopic (exact) mass is 358 g/mol. The number of hydrogen-bond acceptors (Lipinski definition) is 2. The predicted molar refractivity (Wildman–Crippen MR) is 62.3 cm³/mol. The molecular weight excluding hydrogens is 355 g/mol. The maximum Gasteiger partial charge on any atom is 0.451 e. The number of benzene rings is 1. The molecule has 2 nitrogen and oxygen atoms in total. The van der Waals surface area contributed by atoms with Crippen LogP contribution in [0.25, 0.3) is 10.9 Å². The lowest BCUT2D eigenvalue weighted by Crippen LogP contribution is -2.11. The highest BCUT2D eigenvalue weighted by molar-refractivity contribution is 14.1. The van der Waals surface area contributed by atoms with Crippen molar-refractivity contribution >= 4 is 45.1 Å². The fraction of sp³-hybridized carbons (Fsp3) is 0.111. The Morgan fingerprint density at radius 1 is 1.19 bits per heavy atom. The third-order valence-corrected chi connectivity index (χ3v) is 2.82. The molecule has 0 saturated carbocycles. The van der Waals surface area contributed by atoms with Crippen LogP contribution in [0.15, 0.2) is 18.2 Å². The average molecular weight is 358 g/mol. The van der Waals surface area contributed by atoms with E-state index in [0.29, 0.717) is 5.39 Å². The Hall–Kier alpha value is -0.630. The zero-order chi connectivity index (χ0) is 11.9. The molecule has 0 atom stereocenters. The lowest BCUT2D eigenvalue weighted by atomic mass is 10.2. The Labute approximate surface area is 107 Å². The van der Waals surface area contributed by atoms with Crippen LogP contribution < -0.4 is 0 Å². The summed E-state index contributed by atoms with van der Waals surface area (Å²) in [6, 6.07) is 4.78. The first-order chi connectivity index (χ1) is 7.38. The highest BCUT2D eigenvalue weighted by atomic mass is 127. The van der Waals surface area contributed by atoms with Gasteiger partial charge in [-0.15, -0.1) is 0 Å². The third kappa shape index (κ3) is 2.22. The topological polar surface area (TPSA) is 25.8 Å². The molecule has 16 heavy (non-hydrogen) atoms. The van der Waals surface area contributed by atoms with Crippen molar-refractivity contribution in [2.45, 2.75) is 6.18 Å². The van der Waals surface area contributed by atoms with Gasteiger partial charge in [0.2, 0.25) is 5.82 Å². The molecule has 0 spiro atoms. The van der Waals surface area contributed by atoms with Crippen LogP contribution in [0.2, 0.25) is 5.15 Å². The van der Waals surface area contributed by atoms with Gasteiger partial charge in [0, 0.05) is 8.96 Å². The maximum absolute atomic E-state index is 12.4. The molecule has 0 aliphatic carbocycles. The fourth-order valence-corrected chi connectivity index (χ4v) is 1.91. The smallest absolute Gasteiger partial charge is 0.224 e. The summed E-state index contributed by atoms with van der Waals surface area (Å²) in [5.74, 6) is -1.22. The summed E-state index contributed by atoms with van der Waals surface area (Å²) in [4.78, 5) is 6.66. The third-order valence-electron chi connectivity index (χ3n) is 1.86. The van der Waals surface area contributed by atoms with Gasteiger partial charge in [-0.25, -0.2) is 9.97 Å². The first-order valence-corrected chi connectivity index (χ1v) is 5.53. The molecule has 0 fully saturated rings. The molecule has 0 aliphatic rings. The van der Waals surface area contributed by atoms with Crippen molar-refractivity contribution in [3.05, 3.63) is 32.7 Å².